The summed E-state index contributed by atoms with van der Waals surface area (Å²) in [6.45, 7) is 4.14. The quantitative estimate of drug-likeness (QED) is 0.756. The molecular formula is C8H12N6O. The number of hydrogen-bond acceptors (Lipinski definition) is 6. The van der Waals surface area contributed by atoms with Crippen LogP contribution in [0.3, 0.4) is 0 Å². The number of hydrogen-bond donors (Lipinski definition) is 1. The van der Waals surface area contributed by atoms with Crippen LogP contribution in [0.25, 0.3) is 0 Å². The first-order valence-corrected chi connectivity index (χ1v) is 4.51. The maximum atomic E-state index is 5.88. The highest BCUT2D eigenvalue weighted by Crippen LogP contribution is 2.12. The van der Waals surface area contributed by atoms with Crippen LogP contribution >= 0.6 is 0 Å². The molecule has 15 heavy (non-hydrogen) atoms. The zero-order chi connectivity index (χ0) is 10.9. The Morgan fingerprint density at radius 2 is 2.33 bits per heavy atom. The second-order valence-electron chi connectivity index (χ2n) is 3.86. The van der Waals surface area contributed by atoms with Crippen molar-refractivity contribution in [3.8, 4) is 0 Å². The largest absolute Gasteiger partial charge is 0.338 e. The van der Waals surface area contributed by atoms with Gasteiger partial charge in [0.2, 0.25) is 5.89 Å². The molecule has 0 radical (unpaired) electrons. The smallest absolute Gasteiger partial charge is 0.248 e. The minimum atomic E-state index is -0.493. The number of nitrogens with two attached hydrogens (primary N) is 1. The standard InChI is InChI=1S/C8H12N6O/c1-8(2,9)6-3-14(13-12-6)4-7-10-5-11-15-7/h3,5H,4,9H2,1-2H3. The molecule has 7 heteroatoms. The van der Waals surface area contributed by atoms with E-state index >= 15 is 0 Å². The Labute approximate surface area is 86.3 Å². The summed E-state index contributed by atoms with van der Waals surface area (Å²) < 4.78 is 6.46. The van der Waals surface area contributed by atoms with Gasteiger partial charge in [0, 0.05) is 0 Å². The first kappa shape index (κ1) is 9.78. The minimum Gasteiger partial charge on any atom is -0.338 e. The molecule has 0 atom stereocenters. The van der Waals surface area contributed by atoms with Gasteiger partial charge < -0.3 is 10.3 Å². The zero-order valence-corrected chi connectivity index (χ0v) is 8.58. The van der Waals surface area contributed by atoms with Crippen LogP contribution < -0.4 is 5.73 Å². The van der Waals surface area contributed by atoms with Crippen LogP contribution in [0.1, 0.15) is 25.4 Å². The maximum absolute atomic E-state index is 5.88. The van der Waals surface area contributed by atoms with Gasteiger partial charge in [-0.3, -0.25) is 0 Å². The van der Waals surface area contributed by atoms with Gasteiger partial charge in [0.15, 0.2) is 6.33 Å². The summed E-state index contributed by atoms with van der Waals surface area (Å²) in [5.41, 5.74) is 6.11. The highest BCUT2D eigenvalue weighted by molar-refractivity contribution is 5.05. The summed E-state index contributed by atoms with van der Waals surface area (Å²) in [4.78, 5) is 3.89. The SMILES string of the molecule is CC(C)(N)c1cn(Cc2ncno2)nn1. The van der Waals surface area contributed by atoms with Crippen molar-refractivity contribution < 1.29 is 4.52 Å². The third-order valence-corrected chi connectivity index (χ3v) is 1.90. The Balaban J connectivity index is 2.15. The van der Waals surface area contributed by atoms with Crippen molar-refractivity contribution in [1.29, 1.82) is 0 Å². The van der Waals surface area contributed by atoms with Gasteiger partial charge in [-0.1, -0.05) is 10.4 Å². The average molecular weight is 208 g/mol. The van der Waals surface area contributed by atoms with E-state index in [0.29, 0.717) is 12.4 Å². The molecule has 2 rings (SSSR count). The minimum absolute atomic E-state index is 0.406. The van der Waals surface area contributed by atoms with E-state index in [1.54, 1.807) is 10.9 Å². The normalized spacial score (nSPS) is 11.9. The van der Waals surface area contributed by atoms with Crippen LogP contribution in [0.5, 0.6) is 0 Å². The van der Waals surface area contributed by atoms with Crippen LogP contribution in [0.2, 0.25) is 0 Å². The van der Waals surface area contributed by atoms with Crippen molar-refractivity contribution in [2.75, 3.05) is 0 Å². The monoisotopic (exact) mass is 208 g/mol. The Morgan fingerprint density at radius 1 is 1.53 bits per heavy atom. The lowest BCUT2D eigenvalue weighted by Gasteiger charge is -2.13. The fourth-order valence-corrected chi connectivity index (χ4v) is 1.08. The third kappa shape index (κ3) is 2.18. The Kier molecular flexibility index (Phi) is 2.24. The van der Waals surface area contributed by atoms with E-state index in [1.165, 1.54) is 6.33 Å². The molecule has 2 aromatic rings. The molecular weight excluding hydrogens is 196 g/mol. The van der Waals surface area contributed by atoms with Crippen LogP contribution in [-0.2, 0) is 12.1 Å². The summed E-state index contributed by atoms with van der Waals surface area (Å²) in [5, 5.41) is 11.4. The predicted octanol–water partition coefficient (Wildman–Crippen LogP) is -0.0968. The topological polar surface area (TPSA) is 95.7 Å². The highest BCUT2D eigenvalue weighted by Gasteiger charge is 2.18. The average Bonchev–Trinajstić information content (AvgIpc) is 2.73. The molecule has 0 bridgehead atoms. The molecule has 0 fully saturated rings. The van der Waals surface area contributed by atoms with Gasteiger partial charge in [-0.15, -0.1) is 5.10 Å². The Morgan fingerprint density at radius 3 is 2.87 bits per heavy atom. The number of nitrogens with zero attached hydrogens (tertiary/aromatic N) is 5. The lowest BCUT2D eigenvalue weighted by atomic mass is 10.0. The molecule has 0 aliphatic rings. The van der Waals surface area contributed by atoms with Crippen molar-refractivity contribution in [2.45, 2.75) is 25.9 Å². The van der Waals surface area contributed by atoms with E-state index in [0.717, 1.165) is 5.69 Å². The molecule has 2 heterocycles. The molecule has 0 aromatic carbocycles. The number of aromatic nitrogens is 5. The summed E-state index contributed by atoms with van der Waals surface area (Å²) in [6, 6.07) is 0. The van der Waals surface area contributed by atoms with Crippen LogP contribution in [-0.4, -0.2) is 25.1 Å². The van der Waals surface area contributed by atoms with Crippen LogP contribution in [0, 0.1) is 0 Å². The molecule has 2 N–H and O–H groups in total. The van der Waals surface area contributed by atoms with E-state index in [-0.39, 0.29) is 0 Å². The fraction of sp³-hybridized carbons (Fsp3) is 0.500. The van der Waals surface area contributed by atoms with E-state index in [4.69, 9.17) is 10.3 Å². The van der Waals surface area contributed by atoms with Crippen molar-refractivity contribution >= 4 is 0 Å². The van der Waals surface area contributed by atoms with Crippen molar-refractivity contribution in [1.82, 2.24) is 25.1 Å². The molecule has 0 unspecified atom stereocenters. The molecule has 7 nitrogen and oxygen atoms in total. The van der Waals surface area contributed by atoms with E-state index < -0.39 is 5.54 Å². The predicted molar refractivity (Wildman–Crippen MR) is 50.6 cm³/mol. The summed E-state index contributed by atoms with van der Waals surface area (Å²) in [5.74, 6) is 0.487. The Hall–Kier alpha value is -1.76. The summed E-state index contributed by atoms with van der Waals surface area (Å²) in [6.07, 6.45) is 3.12. The molecule has 80 valence electrons. The van der Waals surface area contributed by atoms with E-state index in [2.05, 4.69) is 20.5 Å². The van der Waals surface area contributed by atoms with E-state index in [1.807, 2.05) is 13.8 Å². The van der Waals surface area contributed by atoms with Crippen molar-refractivity contribution in [3.05, 3.63) is 24.1 Å². The lowest BCUT2D eigenvalue weighted by Crippen LogP contribution is -2.29. The zero-order valence-electron chi connectivity index (χ0n) is 8.58. The molecule has 0 saturated carbocycles. The second kappa shape index (κ2) is 3.43. The summed E-state index contributed by atoms with van der Waals surface area (Å²) in [7, 11) is 0. The van der Waals surface area contributed by atoms with Gasteiger partial charge in [-0.25, -0.2) is 4.68 Å². The first-order valence-electron chi connectivity index (χ1n) is 4.51. The van der Waals surface area contributed by atoms with Crippen LogP contribution in [0.15, 0.2) is 17.0 Å². The Bertz CT molecular complexity index is 426. The highest BCUT2D eigenvalue weighted by atomic mass is 16.5. The molecule has 0 aliphatic heterocycles. The maximum Gasteiger partial charge on any atom is 0.248 e. The molecule has 0 aliphatic carbocycles. The van der Waals surface area contributed by atoms with Crippen molar-refractivity contribution in [3.63, 3.8) is 0 Å². The van der Waals surface area contributed by atoms with Gasteiger partial charge in [0.1, 0.15) is 12.2 Å². The van der Waals surface area contributed by atoms with E-state index in [9.17, 15) is 0 Å². The first-order chi connectivity index (χ1) is 7.05. The number of rotatable bonds is 3. The second-order valence-corrected chi connectivity index (χ2v) is 3.86. The molecule has 0 saturated heterocycles. The van der Waals surface area contributed by atoms with Gasteiger partial charge in [0.05, 0.1) is 11.7 Å². The van der Waals surface area contributed by atoms with Crippen molar-refractivity contribution in [2.24, 2.45) is 5.73 Å². The lowest BCUT2D eigenvalue weighted by molar-refractivity contribution is 0.363. The van der Waals surface area contributed by atoms with Gasteiger partial charge in [0.25, 0.3) is 0 Å². The molecule has 0 spiro atoms. The fourth-order valence-electron chi connectivity index (χ4n) is 1.08. The molecule has 0 amide bonds. The summed E-state index contributed by atoms with van der Waals surface area (Å²) >= 11 is 0. The third-order valence-electron chi connectivity index (χ3n) is 1.90. The van der Waals surface area contributed by atoms with Gasteiger partial charge >= 0.3 is 0 Å². The van der Waals surface area contributed by atoms with Gasteiger partial charge in [-0.2, -0.15) is 4.98 Å². The molecule has 2 aromatic heterocycles. The van der Waals surface area contributed by atoms with Gasteiger partial charge in [-0.05, 0) is 13.8 Å². The van der Waals surface area contributed by atoms with Crippen LogP contribution in [0.4, 0.5) is 0 Å².